The summed E-state index contributed by atoms with van der Waals surface area (Å²) in [6.45, 7) is 4.62. The van der Waals surface area contributed by atoms with Crippen molar-refractivity contribution in [1.82, 2.24) is 14.7 Å². The maximum atomic E-state index is 13.0. The molecule has 0 radical (unpaired) electrons. The highest BCUT2D eigenvalue weighted by atomic mass is 19.1. The standard InChI is InChI=1S/C19H22FN3O3/c1-13(2)16-7-10-23(21-16)19(18(25)26)8-11-22(12-9-19)17(24)14-3-5-15(20)6-4-14/h3-7,10,13H,8-9,11-12H2,1-2H3,(H,25,26). The number of benzene rings is 1. The lowest BCUT2D eigenvalue weighted by Gasteiger charge is -2.39. The predicted molar refractivity (Wildman–Crippen MR) is 93.5 cm³/mol. The van der Waals surface area contributed by atoms with Crippen molar-refractivity contribution < 1.29 is 19.1 Å². The first-order valence-electron chi connectivity index (χ1n) is 8.68. The van der Waals surface area contributed by atoms with Crippen LogP contribution in [0.3, 0.4) is 0 Å². The number of carboxylic acid groups (broad SMARTS) is 1. The molecule has 0 bridgehead atoms. The zero-order valence-electron chi connectivity index (χ0n) is 14.9. The maximum absolute atomic E-state index is 13.0. The Kier molecular flexibility index (Phi) is 4.80. The van der Waals surface area contributed by atoms with Gasteiger partial charge in [-0.15, -0.1) is 0 Å². The monoisotopic (exact) mass is 359 g/mol. The quantitative estimate of drug-likeness (QED) is 0.911. The van der Waals surface area contributed by atoms with Crippen molar-refractivity contribution in [3.63, 3.8) is 0 Å². The summed E-state index contributed by atoms with van der Waals surface area (Å²) in [5.41, 5.74) is 0.0954. The molecule has 1 aliphatic rings. The summed E-state index contributed by atoms with van der Waals surface area (Å²) in [5.74, 6) is -1.34. The second-order valence-corrected chi connectivity index (χ2v) is 6.98. The third-order valence-corrected chi connectivity index (χ3v) is 5.01. The van der Waals surface area contributed by atoms with Gasteiger partial charge in [-0.2, -0.15) is 5.10 Å². The van der Waals surface area contributed by atoms with Gasteiger partial charge in [0, 0.05) is 37.7 Å². The smallest absolute Gasteiger partial charge is 0.331 e. The number of carboxylic acids is 1. The number of likely N-dealkylation sites (tertiary alicyclic amines) is 1. The molecule has 0 spiro atoms. The van der Waals surface area contributed by atoms with Crippen LogP contribution in [0.1, 0.15) is 48.7 Å². The molecule has 2 aromatic rings. The summed E-state index contributed by atoms with van der Waals surface area (Å²) in [5, 5.41) is 14.3. The first-order chi connectivity index (χ1) is 12.3. The average molecular weight is 359 g/mol. The number of rotatable bonds is 4. The Morgan fingerprint density at radius 1 is 1.15 bits per heavy atom. The van der Waals surface area contributed by atoms with Crippen LogP contribution in [0.4, 0.5) is 4.39 Å². The van der Waals surface area contributed by atoms with Crippen molar-refractivity contribution in [2.75, 3.05) is 13.1 Å². The summed E-state index contributed by atoms with van der Waals surface area (Å²) < 4.78 is 14.6. The zero-order valence-corrected chi connectivity index (χ0v) is 14.9. The molecule has 0 aliphatic carbocycles. The lowest BCUT2D eigenvalue weighted by Crippen LogP contribution is -2.52. The summed E-state index contributed by atoms with van der Waals surface area (Å²) >= 11 is 0. The van der Waals surface area contributed by atoms with E-state index in [9.17, 15) is 19.1 Å². The van der Waals surface area contributed by atoms with E-state index in [4.69, 9.17) is 0 Å². The second kappa shape index (κ2) is 6.90. The van der Waals surface area contributed by atoms with Crippen LogP contribution in [0.25, 0.3) is 0 Å². The van der Waals surface area contributed by atoms with Crippen molar-refractivity contribution in [3.05, 3.63) is 53.6 Å². The Balaban J connectivity index is 1.78. The summed E-state index contributed by atoms with van der Waals surface area (Å²) in [6.07, 6.45) is 2.25. The predicted octanol–water partition coefficient (Wildman–Crippen LogP) is 2.86. The average Bonchev–Trinajstić information content (AvgIpc) is 3.12. The molecule has 3 rings (SSSR count). The van der Waals surface area contributed by atoms with E-state index < -0.39 is 17.3 Å². The fraction of sp³-hybridized carbons (Fsp3) is 0.421. The van der Waals surface area contributed by atoms with E-state index in [-0.39, 0.29) is 24.7 Å². The number of aromatic nitrogens is 2. The Labute approximate surface area is 151 Å². The number of aliphatic carboxylic acids is 1. The molecule has 1 fully saturated rings. The first kappa shape index (κ1) is 18.1. The zero-order chi connectivity index (χ0) is 18.9. The highest BCUT2D eigenvalue weighted by molar-refractivity contribution is 5.94. The first-order valence-corrected chi connectivity index (χ1v) is 8.68. The van der Waals surface area contributed by atoms with Crippen LogP contribution >= 0.6 is 0 Å². The second-order valence-electron chi connectivity index (χ2n) is 6.98. The van der Waals surface area contributed by atoms with Crippen LogP contribution in [0.15, 0.2) is 36.5 Å². The van der Waals surface area contributed by atoms with Crippen molar-refractivity contribution in [3.8, 4) is 0 Å². The minimum absolute atomic E-state index is 0.210. The van der Waals surface area contributed by atoms with Gasteiger partial charge in [-0.05, 0) is 36.2 Å². The number of hydrogen-bond donors (Lipinski definition) is 1. The van der Waals surface area contributed by atoms with Gasteiger partial charge in [-0.1, -0.05) is 13.8 Å². The van der Waals surface area contributed by atoms with Crippen LogP contribution in [-0.2, 0) is 10.3 Å². The Morgan fingerprint density at radius 2 is 1.77 bits per heavy atom. The lowest BCUT2D eigenvalue weighted by molar-refractivity contribution is -0.150. The molecule has 1 N–H and O–H groups in total. The van der Waals surface area contributed by atoms with E-state index in [0.29, 0.717) is 18.7 Å². The third-order valence-electron chi connectivity index (χ3n) is 5.01. The molecular weight excluding hydrogens is 337 g/mol. The van der Waals surface area contributed by atoms with Crippen molar-refractivity contribution >= 4 is 11.9 Å². The molecule has 1 aromatic carbocycles. The van der Waals surface area contributed by atoms with Gasteiger partial charge in [-0.3, -0.25) is 9.48 Å². The summed E-state index contributed by atoms with van der Waals surface area (Å²) in [7, 11) is 0. The van der Waals surface area contributed by atoms with Crippen LogP contribution in [0.5, 0.6) is 0 Å². The van der Waals surface area contributed by atoms with Crippen molar-refractivity contribution in [2.45, 2.75) is 38.1 Å². The number of halogens is 1. The molecule has 138 valence electrons. The minimum Gasteiger partial charge on any atom is -0.479 e. The molecule has 1 aromatic heterocycles. The number of piperidine rings is 1. The van der Waals surface area contributed by atoms with Gasteiger partial charge < -0.3 is 10.0 Å². The largest absolute Gasteiger partial charge is 0.479 e. The Bertz CT molecular complexity index is 806. The van der Waals surface area contributed by atoms with Gasteiger partial charge in [0.1, 0.15) is 5.82 Å². The van der Waals surface area contributed by atoms with Crippen LogP contribution in [-0.4, -0.2) is 44.8 Å². The topological polar surface area (TPSA) is 75.4 Å². The fourth-order valence-corrected chi connectivity index (χ4v) is 3.28. The number of hydrogen-bond acceptors (Lipinski definition) is 3. The fourth-order valence-electron chi connectivity index (χ4n) is 3.28. The van der Waals surface area contributed by atoms with E-state index in [2.05, 4.69) is 5.10 Å². The van der Waals surface area contributed by atoms with E-state index in [1.54, 1.807) is 11.1 Å². The molecule has 0 atom stereocenters. The molecule has 1 amide bonds. The molecule has 26 heavy (non-hydrogen) atoms. The van der Waals surface area contributed by atoms with Gasteiger partial charge >= 0.3 is 5.97 Å². The van der Waals surface area contributed by atoms with Crippen molar-refractivity contribution in [1.29, 1.82) is 0 Å². The maximum Gasteiger partial charge on any atom is 0.331 e. The van der Waals surface area contributed by atoms with Gasteiger partial charge in [0.25, 0.3) is 5.91 Å². The normalized spacial score (nSPS) is 16.7. The number of nitrogens with zero attached hydrogens (tertiary/aromatic N) is 3. The van der Waals surface area contributed by atoms with E-state index in [1.165, 1.54) is 28.9 Å². The Morgan fingerprint density at radius 3 is 2.27 bits per heavy atom. The SMILES string of the molecule is CC(C)c1ccn(C2(C(=O)O)CCN(C(=O)c3ccc(F)cc3)CC2)n1. The molecule has 2 heterocycles. The number of amides is 1. The van der Waals surface area contributed by atoms with Crippen LogP contribution in [0, 0.1) is 5.82 Å². The summed E-state index contributed by atoms with van der Waals surface area (Å²) in [6, 6.07) is 7.22. The highest BCUT2D eigenvalue weighted by Gasteiger charge is 2.45. The van der Waals surface area contributed by atoms with Gasteiger partial charge in [0.15, 0.2) is 5.54 Å². The molecule has 0 saturated carbocycles. The molecule has 7 heteroatoms. The highest BCUT2D eigenvalue weighted by Crippen LogP contribution is 2.31. The van der Waals surface area contributed by atoms with E-state index in [0.717, 1.165) is 5.69 Å². The van der Waals surface area contributed by atoms with Gasteiger partial charge in [0.2, 0.25) is 0 Å². The molecular formula is C19H22FN3O3. The third kappa shape index (κ3) is 3.21. The van der Waals surface area contributed by atoms with Crippen molar-refractivity contribution in [2.24, 2.45) is 0 Å². The molecule has 6 nitrogen and oxygen atoms in total. The molecule has 0 unspecified atom stereocenters. The number of carbonyl (C=O) groups excluding carboxylic acids is 1. The van der Waals surface area contributed by atoms with Gasteiger partial charge in [-0.25, -0.2) is 9.18 Å². The minimum atomic E-state index is -1.15. The van der Waals surface area contributed by atoms with Crippen LogP contribution in [0.2, 0.25) is 0 Å². The van der Waals surface area contributed by atoms with Crippen LogP contribution < -0.4 is 0 Å². The Hall–Kier alpha value is -2.70. The van der Waals surface area contributed by atoms with Gasteiger partial charge in [0.05, 0.1) is 5.69 Å². The van der Waals surface area contributed by atoms with E-state index >= 15 is 0 Å². The molecule has 1 saturated heterocycles. The lowest BCUT2D eigenvalue weighted by atomic mass is 9.87. The summed E-state index contributed by atoms with van der Waals surface area (Å²) in [4.78, 5) is 26.2. The van der Waals surface area contributed by atoms with E-state index in [1.807, 2.05) is 19.9 Å². The molecule has 1 aliphatic heterocycles. The number of carbonyl (C=O) groups is 2.